The molecule has 0 aromatic heterocycles. The Hall–Kier alpha value is -1.89. The van der Waals surface area contributed by atoms with Gasteiger partial charge in [-0.1, -0.05) is 44.2 Å². The molecule has 2 aromatic rings. The summed E-state index contributed by atoms with van der Waals surface area (Å²) in [5.74, 6) is 1.03. The van der Waals surface area contributed by atoms with Crippen LogP contribution in [0.15, 0.2) is 59.5 Å². The summed E-state index contributed by atoms with van der Waals surface area (Å²) < 4.78 is 33.0. The molecule has 2 aromatic carbocycles. The number of hydrogen-bond donors (Lipinski definition) is 2. The van der Waals surface area contributed by atoms with E-state index in [0.717, 1.165) is 5.56 Å². The molecule has 27 heavy (non-hydrogen) atoms. The van der Waals surface area contributed by atoms with E-state index in [4.69, 9.17) is 4.74 Å². The van der Waals surface area contributed by atoms with E-state index in [1.165, 1.54) is 12.1 Å². The van der Waals surface area contributed by atoms with Gasteiger partial charge in [0.25, 0.3) is 0 Å². The molecule has 2 rings (SSSR count). The van der Waals surface area contributed by atoms with Crippen molar-refractivity contribution in [2.24, 2.45) is 5.92 Å². The highest BCUT2D eigenvalue weighted by molar-refractivity contribution is 7.89. The highest BCUT2D eigenvalue weighted by Crippen LogP contribution is 2.18. The molecule has 0 heterocycles. The van der Waals surface area contributed by atoms with Gasteiger partial charge in [0, 0.05) is 6.54 Å². The zero-order valence-electron chi connectivity index (χ0n) is 16.2. The van der Waals surface area contributed by atoms with Crippen LogP contribution in [-0.2, 0) is 16.4 Å². The van der Waals surface area contributed by atoms with Gasteiger partial charge in [0.15, 0.2) is 0 Å². The molecule has 0 fully saturated rings. The average Bonchev–Trinajstić information content (AvgIpc) is 2.65. The molecule has 0 aliphatic rings. The molecule has 6 heteroatoms. The van der Waals surface area contributed by atoms with E-state index >= 15 is 0 Å². The predicted molar refractivity (Wildman–Crippen MR) is 107 cm³/mol. The Morgan fingerprint density at radius 1 is 1.07 bits per heavy atom. The summed E-state index contributed by atoms with van der Waals surface area (Å²) >= 11 is 0. The number of benzene rings is 2. The third-order valence-corrected chi connectivity index (χ3v) is 5.57. The molecule has 1 unspecified atom stereocenters. The molecule has 5 nitrogen and oxygen atoms in total. The lowest BCUT2D eigenvalue weighted by Crippen LogP contribution is -2.40. The smallest absolute Gasteiger partial charge is 0.240 e. The van der Waals surface area contributed by atoms with Gasteiger partial charge in [0.1, 0.15) is 5.75 Å². The molecule has 0 saturated carbocycles. The van der Waals surface area contributed by atoms with Crippen LogP contribution in [0.5, 0.6) is 5.75 Å². The Balaban J connectivity index is 1.90. The highest BCUT2D eigenvalue weighted by atomic mass is 32.2. The van der Waals surface area contributed by atoms with E-state index in [1.807, 2.05) is 44.2 Å². The van der Waals surface area contributed by atoms with Crippen molar-refractivity contribution in [1.82, 2.24) is 4.72 Å². The summed E-state index contributed by atoms with van der Waals surface area (Å²) in [5, 5.41) is 10.5. The van der Waals surface area contributed by atoms with Gasteiger partial charge in [0.2, 0.25) is 10.0 Å². The van der Waals surface area contributed by atoms with Crippen LogP contribution in [0.3, 0.4) is 0 Å². The fourth-order valence-electron chi connectivity index (χ4n) is 2.46. The van der Waals surface area contributed by atoms with Crippen molar-refractivity contribution in [2.75, 3.05) is 13.2 Å². The maximum absolute atomic E-state index is 12.5. The van der Waals surface area contributed by atoms with Crippen molar-refractivity contribution in [3.05, 3.63) is 60.2 Å². The van der Waals surface area contributed by atoms with Crippen LogP contribution in [-0.4, -0.2) is 32.3 Å². The SMILES string of the molecule is CC(C)COc1ccc(S(=O)(=O)NCC(C)(O)CCc2ccccc2)cc1. The van der Waals surface area contributed by atoms with E-state index in [0.29, 0.717) is 31.1 Å². The first kappa shape index (κ1) is 21.4. The molecule has 2 N–H and O–H groups in total. The maximum Gasteiger partial charge on any atom is 0.240 e. The lowest BCUT2D eigenvalue weighted by Gasteiger charge is -2.23. The van der Waals surface area contributed by atoms with Crippen molar-refractivity contribution in [2.45, 2.75) is 44.1 Å². The summed E-state index contributed by atoms with van der Waals surface area (Å²) in [4.78, 5) is 0.151. The summed E-state index contributed by atoms with van der Waals surface area (Å²) in [6, 6.07) is 16.1. The number of aliphatic hydroxyl groups is 1. The summed E-state index contributed by atoms with van der Waals surface area (Å²) in [7, 11) is -3.69. The van der Waals surface area contributed by atoms with Gasteiger partial charge in [0.05, 0.1) is 17.1 Å². The zero-order chi connectivity index (χ0) is 19.9. The molecule has 1 atom stereocenters. The second-order valence-electron chi connectivity index (χ2n) is 7.48. The first-order valence-corrected chi connectivity index (χ1v) is 10.7. The fraction of sp³-hybridized carbons (Fsp3) is 0.429. The Bertz CT molecular complexity index is 800. The van der Waals surface area contributed by atoms with Crippen molar-refractivity contribution in [3.63, 3.8) is 0 Å². The van der Waals surface area contributed by atoms with Gasteiger partial charge in [-0.3, -0.25) is 0 Å². The number of ether oxygens (including phenoxy) is 1. The quantitative estimate of drug-likeness (QED) is 0.651. The van der Waals surface area contributed by atoms with Gasteiger partial charge < -0.3 is 9.84 Å². The number of sulfonamides is 1. The zero-order valence-corrected chi connectivity index (χ0v) is 17.0. The van der Waals surface area contributed by atoms with Crippen molar-refractivity contribution in [1.29, 1.82) is 0 Å². The van der Waals surface area contributed by atoms with Crippen LogP contribution in [0.1, 0.15) is 32.8 Å². The largest absolute Gasteiger partial charge is 0.493 e. The van der Waals surface area contributed by atoms with Gasteiger partial charge in [-0.15, -0.1) is 0 Å². The first-order valence-electron chi connectivity index (χ1n) is 9.17. The van der Waals surface area contributed by atoms with Gasteiger partial charge >= 0.3 is 0 Å². The number of aryl methyl sites for hydroxylation is 1. The Labute approximate surface area is 162 Å². The van der Waals surface area contributed by atoms with Crippen LogP contribution >= 0.6 is 0 Å². The van der Waals surface area contributed by atoms with E-state index in [2.05, 4.69) is 4.72 Å². The molecule has 0 radical (unpaired) electrons. The first-order chi connectivity index (χ1) is 12.7. The van der Waals surface area contributed by atoms with Crippen LogP contribution < -0.4 is 9.46 Å². The third kappa shape index (κ3) is 7.33. The number of rotatable bonds is 10. The molecule has 0 aliphatic carbocycles. The molecule has 0 spiro atoms. The Morgan fingerprint density at radius 3 is 2.30 bits per heavy atom. The normalized spacial score (nSPS) is 14.1. The standard InChI is InChI=1S/C21H29NO4S/c1-17(2)15-26-19-9-11-20(12-10-19)27(24,25)22-16-21(3,23)14-13-18-7-5-4-6-8-18/h4-12,17,22-23H,13-16H2,1-3H3. The second kappa shape index (κ2) is 9.35. The molecular formula is C21H29NO4S. The monoisotopic (exact) mass is 391 g/mol. The van der Waals surface area contributed by atoms with Crippen LogP contribution in [0, 0.1) is 5.92 Å². The van der Waals surface area contributed by atoms with E-state index < -0.39 is 15.6 Å². The van der Waals surface area contributed by atoms with Gasteiger partial charge in [-0.25, -0.2) is 13.1 Å². The van der Waals surface area contributed by atoms with Crippen molar-refractivity contribution in [3.8, 4) is 5.75 Å². The second-order valence-corrected chi connectivity index (χ2v) is 9.25. The van der Waals surface area contributed by atoms with E-state index in [-0.39, 0.29) is 11.4 Å². The Morgan fingerprint density at radius 2 is 1.70 bits per heavy atom. The molecule has 0 amide bonds. The molecule has 148 valence electrons. The van der Waals surface area contributed by atoms with Crippen molar-refractivity contribution < 1.29 is 18.3 Å². The molecular weight excluding hydrogens is 362 g/mol. The summed E-state index contributed by atoms with van der Waals surface area (Å²) in [5.41, 5.74) is -0.0268. The summed E-state index contributed by atoms with van der Waals surface area (Å²) in [6.45, 7) is 6.27. The third-order valence-electron chi connectivity index (χ3n) is 4.16. The summed E-state index contributed by atoms with van der Waals surface area (Å²) in [6.07, 6.45) is 1.14. The minimum atomic E-state index is -3.69. The molecule has 0 bridgehead atoms. The fourth-order valence-corrected chi connectivity index (χ4v) is 3.62. The van der Waals surface area contributed by atoms with Crippen LogP contribution in [0.4, 0.5) is 0 Å². The predicted octanol–water partition coefficient (Wildman–Crippen LogP) is 3.38. The molecule has 0 saturated heterocycles. The highest BCUT2D eigenvalue weighted by Gasteiger charge is 2.24. The maximum atomic E-state index is 12.5. The minimum Gasteiger partial charge on any atom is -0.493 e. The minimum absolute atomic E-state index is 0.0478. The van der Waals surface area contributed by atoms with E-state index in [1.54, 1.807) is 19.1 Å². The van der Waals surface area contributed by atoms with Crippen LogP contribution in [0.2, 0.25) is 0 Å². The Kier molecular flexibility index (Phi) is 7.41. The topological polar surface area (TPSA) is 75.6 Å². The number of hydrogen-bond acceptors (Lipinski definition) is 4. The van der Waals surface area contributed by atoms with Crippen LogP contribution in [0.25, 0.3) is 0 Å². The lowest BCUT2D eigenvalue weighted by molar-refractivity contribution is 0.0565. The lowest BCUT2D eigenvalue weighted by atomic mass is 9.97. The number of nitrogens with one attached hydrogen (secondary N) is 1. The van der Waals surface area contributed by atoms with E-state index in [9.17, 15) is 13.5 Å². The van der Waals surface area contributed by atoms with Gasteiger partial charge in [-0.05, 0) is 55.5 Å². The molecule has 0 aliphatic heterocycles. The van der Waals surface area contributed by atoms with Crippen molar-refractivity contribution >= 4 is 10.0 Å². The average molecular weight is 392 g/mol. The van der Waals surface area contributed by atoms with Gasteiger partial charge in [-0.2, -0.15) is 0 Å².